The van der Waals surface area contributed by atoms with Gasteiger partial charge in [0, 0.05) is 37.9 Å². The number of aryl methyl sites for hydroxylation is 1. The SMILES string of the molecule is Cc1c(C(=O)N2CCN(c3cccc(C(F)(F)F)c3)CC2)sc2ncnc(NC3CC3)c12. The van der Waals surface area contributed by atoms with Crippen molar-refractivity contribution < 1.29 is 18.0 Å². The van der Waals surface area contributed by atoms with Crippen LogP contribution in [0, 0.1) is 6.92 Å². The van der Waals surface area contributed by atoms with E-state index >= 15 is 0 Å². The minimum Gasteiger partial charge on any atom is -0.368 e. The third-order valence-electron chi connectivity index (χ3n) is 5.94. The van der Waals surface area contributed by atoms with E-state index < -0.39 is 11.7 Å². The molecule has 1 saturated carbocycles. The Hall–Kier alpha value is -2.88. The summed E-state index contributed by atoms with van der Waals surface area (Å²) in [5.41, 5.74) is 0.737. The van der Waals surface area contributed by atoms with Crippen molar-refractivity contribution in [2.45, 2.75) is 32.0 Å². The molecule has 0 bridgehead atoms. The van der Waals surface area contributed by atoms with Gasteiger partial charge in [0.15, 0.2) is 0 Å². The summed E-state index contributed by atoms with van der Waals surface area (Å²) in [5.74, 6) is 0.714. The van der Waals surface area contributed by atoms with Gasteiger partial charge in [-0.3, -0.25) is 4.79 Å². The summed E-state index contributed by atoms with van der Waals surface area (Å²) >= 11 is 1.37. The molecule has 10 heteroatoms. The number of rotatable bonds is 4. The summed E-state index contributed by atoms with van der Waals surface area (Å²) in [4.78, 5) is 27.1. The second-order valence-corrected chi connectivity index (χ2v) is 9.20. The van der Waals surface area contributed by atoms with E-state index in [4.69, 9.17) is 0 Å². The molecule has 3 heterocycles. The number of halogens is 3. The van der Waals surface area contributed by atoms with Crippen molar-refractivity contribution in [3.05, 3.63) is 46.6 Å². The number of benzene rings is 1. The van der Waals surface area contributed by atoms with Gasteiger partial charge in [-0.2, -0.15) is 13.2 Å². The maximum absolute atomic E-state index is 13.3. The van der Waals surface area contributed by atoms with Crippen LogP contribution in [0.25, 0.3) is 10.2 Å². The van der Waals surface area contributed by atoms with Crippen LogP contribution in [0.15, 0.2) is 30.6 Å². The highest BCUT2D eigenvalue weighted by Gasteiger charge is 2.32. The van der Waals surface area contributed by atoms with Crippen molar-refractivity contribution in [3.8, 4) is 0 Å². The first-order valence-corrected chi connectivity index (χ1v) is 11.3. The lowest BCUT2D eigenvalue weighted by Gasteiger charge is -2.36. The molecular formula is C22H22F3N5OS. The fraction of sp³-hybridized carbons (Fsp3) is 0.409. The summed E-state index contributed by atoms with van der Waals surface area (Å²) in [6.07, 6.45) is -0.610. The van der Waals surface area contributed by atoms with E-state index in [9.17, 15) is 18.0 Å². The number of aromatic nitrogens is 2. The zero-order valence-electron chi connectivity index (χ0n) is 17.4. The van der Waals surface area contributed by atoms with Gasteiger partial charge in [-0.1, -0.05) is 6.07 Å². The molecule has 3 aromatic rings. The standard InChI is InChI=1S/C22H22F3N5OS/c1-13-17-19(28-15-5-6-15)26-12-27-20(17)32-18(13)21(31)30-9-7-29(8-10-30)16-4-2-3-14(11-16)22(23,24)25/h2-4,11-12,15H,5-10H2,1H3,(H,26,27,28). The molecule has 1 N–H and O–H groups in total. The van der Waals surface area contributed by atoms with E-state index in [-0.39, 0.29) is 5.91 Å². The molecule has 1 aliphatic heterocycles. The Bertz CT molecular complexity index is 1170. The minimum atomic E-state index is -4.37. The van der Waals surface area contributed by atoms with Crippen LogP contribution in [-0.4, -0.2) is 53.0 Å². The number of nitrogens with zero attached hydrogens (tertiary/aromatic N) is 4. The smallest absolute Gasteiger partial charge is 0.368 e. The number of amides is 1. The van der Waals surface area contributed by atoms with Crippen LogP contribution in [0.1, 0.15) is 33.6 Å². The van der Waals surface area contributed by atoms with Crippen LogP contribution in [0.5, 0.6) is 0 Å². The summed E-state index contributed by atoms with van der Waals surface area (Å²) < 4.78 is 39.1. The maximum atomic E-state index is 13.3. The van der Waals surface area contributed by atoms with Crippen LogP contribution < -0.4 is 10.2 Å². The third-order valence-corrected chi connectivity index (χ3v) is 7.13. The van der Waals surface area contributed by atoms with E-state index in [1.807, 2.05) is 11.8 Å². The van der Waals surface area contributed by atoms with Crippen molar-refractivity contribution in [3.63, 3.8) is 0 Å². The summed E-state index contributed by atoms with van der Waals surface area (Å²) in [6.45, 7) is 3.77. The Balaban J connectivity index is 1.32. The normalized spacial score (nSPS) is 17.1. The van der Waals surface area contributed by atoms with E-state index in [1.54, 1.807) is 11.0 Å². The van der Waals surface area contributed by atoms with Crippen molar-refractivity contribution >= 4 is 39.0 Å². The molecule has 0 unspecified atom stereocenters. The van der Waals surface area contributed by atoms with E-state index in [0.717, 1.165) is 40.5 Å². The molecule has 2 fully saturated rings. The maximum Gasteiger partial charge on any atom is 0.416 e. The Morgan fingerprint density at radius 1 is 1.16 bits per heavy atom. The molecule has 0 spiro atoms. The monoisotopic (exact) mass is 461 g/mol. The first-order chi connectivity index (χ1) is 15.3. The molecule has 2 aliphatic rings. The van der Waals surface area contributed by atoms with Crippen molar-refractivity contribution in [2.24, 2.45) is 0 Å². The molecule has 5 rings (SSSR count). The average molecular weight is 462 g/mol. The molecule has 0 radical (unpaired) electrons. The summed E-state index contributed by atoms with van der Waals surface area (Å²) in [5, 5.41) is 4.31. The molecule has 1 aliphatic carbocycles. The Labute approximate surface area is 187 Å². The van der Waals surface area contributed by atoms with Gasteiger partial charge < -0.3 is 15.1 Å². The quantitative estimate of drug-likeness (QED) is 0.618. The fourth-order valence-corrected chi connectivity index (χ4v) is 5.11. The Kier molecular flexibility index (Phi) is 5.19. The van der Waals surface area contributed by atoms with Crippen LogP contribution in [0.2, 0.25) is 0 Å². The van der Waals surface area contributed by atoms with Crippen molar-refractivity contribution in [2.75, 3.05) is 36.4 Å². The molecule has 0 atom stereocenters. The Morgan fingerprint density at radius 3 is 2.59 bits per heavy atom. The fourth-order valence-electron chi connectivity index (χ4n) is 4.00. The molecule has 2 aromatic heterocycles. The van der Waals surface area contributed by atoms with Gasteiger partial charge >= 0.3 is 6.18 Å². The lowest BCUT2D eigenvalue weighted by atomic mass is 10.1. The number of anilines is 2. The zero-order chi connectivity index (χ0) is 22.5. The largest absolute Gasteiger partial charge is 0.416 e. The second-order valence-electron chi connectivity index (χ2n) is 8.20. The number of thiophene rings is 1. The average Bonchev–Trinajstić information content (AvgIpc) is 3.54. The predicted octanol–water partition coefficient (Wildman–Crippen LogP) is 4.56. The number of carbonyl (C=O) groups excluding carboxylic acids is 1. The highest BCUT2D eigenvalue weighted by molar-refractivity contribution is 7.20. The first kappa shape index (κ1) is 21.0. The van der Waals surface area contributed by atoms with Crippen LogP contribution in [0.4, 0.5) is 24.7 Å². The zero-order valence-corrected chi connectivity index (χ0v) is 18.3. The first-order valence-electron chi connectivity index (χ1n) is 10.5. The highest BCUT2D eigenvalue weighted by atomic mass is 32.1. The molecular weight excluding hydrogens is 439 g/mol. The van der Waals surface area contributed by atoms with Gasteiger partial charge in [-0.25, -0.2) is 9.97 Å². The second kappa shape index (κ2) is 7.91. The molecule has 32 heavy (non-hydrogen) atoms. The summed E-state index contributed by atoms with van der Waals surface area (Å²) in [7, 11) is 0. The van der Waals surface area contributed by atoms with E-state index in [2.05, 4.69) is 15.3 Å². The van der Waals surface area contributed by atoms with E-state index in [0.29, 0.717) is 42.8 Å². The lowest BCUT2D eigenvalue weighted by molar-refractivity contribution is -0.137. The summed E-state index contributed by atoms with van der Waals surface area (Å²) in [6, 6.07) is 5.78. The van der Waals surface area contributed by atoms with Crippen molar-refractivity contribution in [1.29, 1.82) is 0 Å². The van der Waals surface area contributed by atoms with Crippen LogP contribution in [0.3, 0.4) is 0 Å². The molecule has 1 aromatic carbocycles. The highest BCUT2D eigenvalue weighted by Crippen LogP contribution is 2.36. The third kappa shape index (κ3) is 3.99. The van der Waals surface area contributed by atoms with Gasteiger partial charge in [-0.15, -0.1) is 11.3 Å². The topological polar surface area (TPSA) is 61.4 Å². The van der Waals surface area contributed by atoms with Crippen LogP contribution in [-0.2, 0) is 6.18 Å². The number of fused-ring (bicyclic) bond motifs is 1. The van der Waals surface area contributed by atoms with Gasteiger partial charge in [-0.05, 0) is 43.5 Å². The lowest BCUT2D eigenvalue weighted by Crippen LogP contribution is -2.48. The van der Waals surface area contributed by atoms with Crippen molar-refractivity contribution in [1.82, 2.24) is 14.9 Å². The molecule has 168 valence electrons. The van der Waals surface area contributed by atoms with Gasteiger partial charge in [0.2, 0.25) is 0 Å². The minimum absolute atomic E-state index is 0.0634. The van der Waals surface area contributed by atoms with Gasteiger partial charge in [0.05, 0.1) is 15.8 Å². The molecule has 1 amide bonds. The number of hydrogen-bond acceptors (Lipinski definition) is 6. The number of piperazine rings is 1. The van der Waals surface area contributed by atoms with E-state index in [1.165, 1.54) is 29.8 Å². The number of hydrogen-bond donors (Lipinski definition) is 1. The predicted molar refractivity (Wildman–Crippen MR) is 118 cm³/mol. The van der Waals surface area contributed by atoms with Crippen LogP contribution >= 0.6 is 11.3 Å². The van der Waals surface area contributed by atoms with Gasteiger partial charge in [0.1, 0.15) is 17.0 Å². The molecule has 6 nitrogen and oxygen atoms in total. The number of alkyl halides is 3. The molecule has 1 saturated heterocycles. The number of nitrogens with one attached hydrogen (secondary N) is 1. The Morgan fingerprint density at radius 2 is 1.91 bits per heavy atom. The number of carbonyl (C=O) groups is 1. The van der Waals surface area contributed by atoms with Gasteiger partial charge in [0.25, 0.3) is 5.91 Å².